The Balaban J connectivity index is 1.80. The first-order valence-electron chi connectivity index (χ1n) is 5.71. The van der Waals surface area contributed by atoms with Gasteiger partial charge in [0.1, 0.15) is 16.5 Å². The van der Waals surface area contributed by atoms with E-state index in [0.29, 0.717) is 27.4 Å². The largest absolute Gasteiger partial charge is 0.383 e. The maximum Gasteiger partial charge on any atom is 0.142 e. The van der Waals surface area contributed by atoms with Crippen molar-refractivity contribution >= 4 is 62.3 Å². The lowest BCUT2D eigenvalue weighted by atomic mass is 10.4. The predicted molar refractivity (Wildman–Crippen MR) is 87.9 cm³/mol. The number of nitrogen functional groups attached to an aromatic ring is 1. The molecule has 3 nitrogen and oxygen atoms in total. The summed E-state index contributed by atoms with van der Waals surface area (Å²) in [6, 6.07) is 7.47. The number of benzene rings is 1. The molecular weight excluding hydrogens is 333 g/mol. The fraction of sp³-hybridized carbons (Fsp3) is 0.0769. The molecule has 0 atom stereocenters. The molecule has 0 fully saturated rings. The Morgan fingerprint density at radius 1 is 1.15 bits per heavy atom. The molecule has 0 aliphatic carbocycles. The van der Waals surface area contributed by atoms with Crippen molar-refractivity contribution in [2.24, 2.45) is 0 Å². The van der Waals surface area contributed by atoms with E-state index in [1.165, 1.54) is 0 Å². The van der Waals surface area contributed by atoms with Gasteiger partial charge in [-0.2, -0.15) is 0 Å². The summed E-state index contributed by atoms with van der Waals surface area (Å²) in [5.41, 5.74) is 5.92. The number of nitrogens with zero attached hydrogens (tertiary/aromatic N) is 2. The molecule has 3 aromatic rings. The molecule has 0 saturated carbocycles. The van der Waals surface area contributed by atoms with Crippen LogP contribution in [-0.4, -0.2) is 9.97 Å². The normalized spacial score (nSPS) is 11.1. The summed E-state index contributed by atoms with van der Waals surface area (Å²) in [7, 11) is 0. The molecule has 0 aliphatic rings. The zero-order valence-corrected chi connectivity index (χ0v) is 13.3. The van der Waals surface area contributed by atoms with Crippen molar-refractivity contribution in [1.82, 2.24) is 9.97 Å². The minimum Gasteiger partial charge on any atom is -0.383 e. The van der Waals surface area contributed by atoms with Crippen LogP contribution in [0.1, 0.15) is 5.82 Å². The Kier molecular flexibility index (Phi) is 4.03. The predicted octanol–water partition coefficient (Wildman–Crippen LogP) is 4.87. The van der Waals surface area contributed by atoms with Gasteiger partial charge in [0.2, 0.25) is 0 Å². The van der Waals surface area contributed by atoms with Crippen molar-refractivity contribution in [1.29, 1.82) is 0 Å². The lowest BCUT2D eigenvalue weighted by Crippen LogP contribution is -1.98. The van der Waals surface area contributed by atoms with Crippen molar-refractivity contribution in [3.05, 3.63) is 45.5 Å². The van der Waals surface area contributed by atoms with Crippen LogP contribution in [-0.2, 0) is 5.75 Å². The number of thiophene rings is 1. The van der Waals surface area contributed by atoms with E-state index in [-0.39, 0.29) is 0 Å². The number of aromatic nitrogens is 2. The van der Waals surface area contributed by atoms with E-state index >= 15 is 0 Å². The molecule has 2 aromatic heterocycles. The van der Waals surface area contributed by atoms with Crippen molar-refractivity contribution in [2.45, 2.75) is 10.6 Å². The molecule has 3 rings (SSSR count). The summed E-state index contributed by atoms with van der Waals surface area (Å²) in [4.78, 5) is 10.8. The highest BCUT2D eigenvalue weighted by Gasteiger charge is 2.07. The topological polar surface area (TPSA) is 51.8 Å². The van der Waals surface area contributed by atoms with Crippen molar-refractivity contribution in [3.8, 4) is 0 Å². The molecule has 0 amide bonds. The van der Waals surface area contributed by atoms with Crippen LogP contribution in [0.2, 0.25) is 10.0 Å². The molecule has 102 valence electrons. The number of rotatable bonds is 3. The van der Waals surface area contributed by atoms with E-state index in [4.69, 9.17) is 28.9 Å². The van der Waals surface area contributed by atoms with E-state index < -0.39 is 0 Å². The van der Waals surface area contributed by atoms with Gasteiger partial charge in [-0.15, -0.1) is 23.1 Å². The van der Waals surface area contributed by atoms with Crippen LogP contribution < -0.4 is 5.73 Å². The molecular formula is C13H9Cl2N3S2. The summed E-state index contributed by atoms with van der Waals surface area (Å²) in [5, 5.41) is 3.98. The van der Waals surface area contributed by atoms with E-state index in [2.05, 4.69) is 9.97 Å². The summed E-state index contributed by atoms with van der Waals surface area (Å²) < 4.78 is 0. The second kappa shape index (κ2) is 5.77. The first kappa shape index (κ1) is 13.9. The lowest BCUT2D eigenvalue weighted by molar-refractivity contribution is 1.08. The zero-order chi connectivity index (χ0) is 14.1. The maximum absolute atomic E-state index is 5.99. The molecule has 20 heavy (non-hydrogen) atoms. The number of hydrogen-bond donors (Lipinski definition) is 1. The molecule has 0 aliphatic heterocycles. The smallest absolute Gasteiger partial charge is 0.142 e. The van der Waals surface area contributed by atoms with Gasteiger partial charge in [0, 0.05) is 4.90 Å². The molecule has 0 spiro atoms. The van der Waals surface area contributed by atoms with Crippen LogP contribution in [0, 0.1) is 0 Å². The van der Waals surface area contributed by atoms with Gasteiger partial charge >= 0.3 is 0 Å². The molecule has 0 radical (unpaired) electrons. The van der Waals surface area contributed by atoms with Crippen LogP contribution in [0.5, 0.6) is 0 Å². The highest BCUT2D eigenvalue weighted by atomic mass is 35.5. The second-order valence-electron chi connectivity index (χ2n) is 4.03. The number of halogens is 2. The van der Waals surface area contributed by atoms with Crippen molar-refractivity contribution in [3.63, 3.8) is 0 Å². The third-order valence-corrected chi connectivity index (χ3v) is 5.20. The van der Waals surface area contributed by atoms with E-state index in [0.717, 1.165) is 15.1 Å². The first-order valence-corrected chi connectivity index (χ1v) is 8.33. The van der Waals surface area contributed by atoms with Crippen LogP contribution in [0.4, 0.5) is 5.82 Å². The summed E-state index contributed by atoms with van der Waals surface area (Å²) in [6.07, 6.45) is 0. The van der Waals surface area contributed by atoms with E-state index in [9.17, 15) is 0 Å². The number of hydrogen-bond acceptors (Lipinski definition) is 5. The van der Waals surface area contributed by atoms with Crippen LogP contribution in [0.15, 0.2) is 34.5 Å². The summed E-state index contributed by atoms with van der Waals surface area (Å²) >= 11 is 15.0. The van der Waals surface area contributed by atoms with Crippen LogP contribution in [0.3, 0.4) is 0 Å². The first-order chi connectivity index (χ1) is 9.63. The molecule has 2 heterocycles. The van der Waals surface area contributed by atoms with Gasteiger partial charge in [-0.1, -0.05) is 23.2 Å². The Bertz CT molecular complexity index is 773. The summed E-state index contributed by atoms with van der Waals surface area (Å²) in [5.74, 6) is 1.88. The molecule has 0 unspecified atom stereocenters. The number of anilines is 1. The van der Waals surface area contributed by atoms with Gasteiger partial charge in [-0.25, -0.2) is 9.97 Å². The molecule has 1 aromatic carbocycles. The zero-order valence-electron chi connectivity index (χ0n) is 10.1. The van der Waals surface area contributed by atoms with Crippen molar-refractivity contribution in [2.75, 3.05) is 5.73 Å². The number of thioether (sulfide) groups is 1. The van der Waals surface area contributed by atoms with Crippen LogP contribution in [0.25, 0.3) is 10.2 Å². The Labute approximate surface area is 134 Å². The monoisotopic (exact) mass is 341 g/mol. The lowest BCUT2D eigenvalue weighted by Gasteiger charge is -2.04. The van der Waals surface area contributed by atoms with Crippen LogP contribution >= 0.6 is 46.3 Å². The second-order valence-corrected chi connectivity index (χ2v) is 6.79. The average Bonchev–Trinajstić information content (AvgIpc) is 2.89. The highest BCUT2D eigenvalue weighted by molar-refractivity contribution is 7.98. The minimum atomic E-state index is 0.529. The molecule has 0 bridgehead atoms. The van der Waals surface area contributed by atoms with E-state index in [1.807, 2.05) is 23.6 Å². The van der Waals surface area contributed by atoms with Gasteiger partial charge in [-0.05, 0) is 29.6 Å². The van der Waals surface area contributed by atoms with Gasteiger partial charge in [0.15, 0.2) is 0 Å². The third-order valence-electron chi connectivity index (χ3n) is 2.66. The SMILES string of the molecule is Nc1nc(CSc2ccc(Cl)c(Cl)c2)nc2sccc12. The average molecular weight is 342 g/mol. The Morgan fingerprint density at radius 3 is 2.80 bits per heavy atom. The fourth-order valence-electron chi connectivity index (χ4n) is 1.70. The minimum absolute atomic E-state index is 0.529. The Hall–Kier alpha value is -1.01. The number of nitrogens with two attached hydrogens (primary N) is 1. The summed E-state index contributed by atoms with van der Waals surface area (Å²) in [6.45, 7) is 0. The highest BCUT2D eigenvalue weighted by Crippen LogP contribution is 2.30. The van der Waals surface area contributed by atoms with E-state index in [1.54, 1.807) is 29.2 Å². The number of fused-ring (bicyclic) bond motifs is 1. The standard InChI is InChI=1S/C13H9Cl2N3S2/c14-9-2-1-7(5-10(9)15)20-6-11-17-12(16)8-3-4-19-13(8)18-11/h1-5H,6H2,(H2,16,17,18). The van der Waals surface area contributed by atoms with Gasteiger partial charge in [0.05, 0.1) is 21.2 Å². The van der Waals surface area contributed by atoms with Gasteiger partial charge in [0.25, 0.3) is 0 Å². The molecule has 7 heteroatoms. The van der Waals surface area contributed by atoms with Gasteiger partial charge < -0.3 is 5.73 Å². The third kappa shape index (κ3) is 2.86. The molecule has 0 saturated heterocycles. The quantitative estimate of drug-likeness (QED) is 0.690. The van der Waals surface area contributed by atoms with Gasteiger partial charge in [-0.3, -0.25) is 0 Å². The fourth-order valence-corrected chi connectivity index (χ4v) is 3.65. The Morgan fingerprint density at radius 2 is 2.00 bits per heavy atom. The maximum atomic E-state index is 5.99. The van der Waals surface area contributed by atoms with Crippen molar-refractivity contribution < 1.29 is 0 Å². The molecule has 2 N–H and O–H groups in total.